The molecule has 0 spiro atoms. The summed E-state index contributed by atoms with van der Waals surface area (Å²) in [5.74, 6) is -0.719. The Kier molecular flexibility index (Phi) is 15.6. The summed E-state index contributed by atoms with van der Waals surface area (Å²) < 4.78 is 16.1. The lowest BCUT2D eigenvalue weighted by atomic mass is 10.3. The molecule has 0 unspecified atom stereocenters. The number of nitrogens with zero attached hydrogens (tertiary/aromatic N) is 3. The third kappa shape index (κ3) is 45.9. The van der Waals surface area contributed by atoms with E-state index >= 15 is 0 Å². The number of phosphoric acid groups is 1. The molecule has 0 rings (SSSR count). The van der Waals surface area contributed by atoms with Crippen molar-refractivity contribution < 1.29 is 47.3 Å². The van der Waals surface area contributed by atoms with Crippen LogP contribution in [0.15, 0.2) is 0 Å². The van der Waals surface area contributed by atoms with Crippen molar-refractivity contribution in [2.24, 2.45) is 0 Å². The van der Waals surface area contributed by atoms with Crippen molar-refractivity contribution in [3.8, 4) is 0 Å². The van der Waals surface area contributed by atoms with E-state index < -0.39 is 13.8 Å². The van der Waals surface area contributed by atoms with Crippen molar-refractivity contribution in [1.29, 1.82) is 0 Å². The van der Waals surface area contributed by atoms with Gasteiger partial charge >= 0.3 is 5.97 Å². The zero-order valence-corrected chi connectivity index (χ0v) is 19.4. The molecule has 2 N–H and O–H groups in total. The van der Waals surface area contributed by atoms with Gasteiger partial charge in [-0.3, -0.25) is 4.79 Å². The number of hydrogen-bond acceptors (Lipinski definition) is 6. The van der Waals surface area contributed by atoms with E-state index in [0.29, 0.717) is 22.1 Å². The fourth-order valence-electron chi connectivity index (χ4n) is 1.16. The van der Waals surface area contributed by atoms with E-state index in [1.807, 2.05) is 42.3 Å². The van der Waals surface area contributed by atoms with Gasteiger partial charge in [0.2, 0.25) is 0 Å². The third-order valence-corrected chi connectivity index (χ3v) is 3.28. The minimum absolute atomic E-state index is 0.0478. The minimum atomic E-state index is -4.76. The summed E-state index contributed by atoms with van der Waals surface area (Å²) in [4.78, 5) is 30.0. The highest BCUT2D eigenvalue weighted by molar-refractivity contribution is 7.43. The van der Waals surface area contributed by atoms with Crippen LogP contribution in [0.2, 0.25) is 0 Å². The molecule has 0 aromatic carbocycles. The highest BCUT2D eigenvalue weighted by Crippen LogP contribution is 2.23. The van der Waals surface area contributed by atoms with Crippen molar-refractivity contribution >= 4 is 13.8 Å². The van der Waals surface area contributed by atoms with Crippen LogP contribution >= 0.6 is 7.82 Å². The number of phosphoric ester groups is 1. The van der Waals surface area contributed by atoms with Crippen LogP contribution in [0.1, 0.15) is 6.42 Å². The first kappa shape index (κ1) is 31.1. The Morgan fingerprint density at radius 2 is 1.22 bits per heavy atom. The summed E-state index contributed by atoms with van der Waals surface area (Å²) in [7, 11) is 13.0. The van der Waals surface area contributed by atoms with Gasteiger partial charge in [-0.1, -0.05) is 0 Å². The number of carboxylic acid groups (broad SMARTS) is 1. The molecule has 0 saturated carbocycles. The van der Waals surface area contributed by atoms with Gasteiger partial charge in [-0.2, -0.15) is 0 Å². The molecule has 0 saturated heterocycles. The van der Waals surface area contributed by atoms with E-state index in [2.05, 4.69) is 25.7 Å². The molecule has 0 heterocycles. The molecule has 166 valence electrons. The zero-order valence-electron chi connectivity index (χ0n) is 18.5. The molecular formula is C16H41N3O7P+. The largest absolute Gasteiger partial charge is 0.790 e. The van der Waals surface area contributed by atoms with E-state index in [1.165, 1.54) is 0 Å². The van der Waals surface area contributed by atoms with Gasteiger partial charge in [0.1, 0.15) is 19.7 Å². The van der Waals surface area contributed by atoms with E-state index in [-0.39, 0.29) is 19.6 Å². The first-order valence-corrected chi connectivity index (χ1v) is 10.1. The van der Waals surface area contributed by atoms with Crippen LogP contribution in [0.5, 0.6) is 0 Å². The predicted molar refractivity (Wildman–Crippen MR) is 102 cm³/mol. The maximum absolute atomic E-state index is 10.0. The summed E-state index contributed by atoms with van der Waals surface area (Å²) in [6, 6.07) is 0. The van der Waals surface area contributed by atoms with Crippen LogP contribution < -0.4 is 9.79 Å². The predicted octanol–water partition coefficient (Wildman–Crippen LogP) is -1.61. The molecule has 0 aliphatic rings. The molecule has 0 aromatic rings. The van der Waals surface area contributed by atoms with Crippen LogP contribution in [0.3, 0.4) is 0 Å². The lowest BCUT2D eigenvalue weighted by molar-refractivity contribution is -0.870. The lowest BCUT2D eigenvalue weighted by Crippen LogP contribution is -2.38. The van der Waals surface area contributed by atoms with E-state index in [0.717, 1.165) is 11.0 Å². The van der Waals surface area contributed by atoms with E-state index in [9.17, 15) is 19.1 Å². The molecule has 27 heavy (non-hydrogen) atoms. The maximum atomic E-state index is 10.0. The second kappa shape index (κ2) is 13.6. The van der Waals surface area contributed by atoms with Gasteiger partial charge in [0, 0.05) is 0 Å². The molecule has 0 aromatic heterocycles. The van der Waals surface area contributed by atoms with Crippen LogP contribution in [-0.4, -0.2) is 126 Å². The first-order valence-electron chi connectivity index (χ1n) is 8.59. The van der Waals surface area contributed by atoms with Crippen LogP contribution in [0, 0.1) is 0 Å². The summed E-state index contributed by atoms with van der Waals surface area (Å²) in [5.41, 5.74) is 0. The Balaban J connectivity index is -0.000000329. The number of aliphatic carboxylic acids is 1. The SMILES string of the molecule is C[N+](C)([11CH3])CCC(=O)O.C[N+](C)([11CH3])CCO.C[N+](C)([11CH3])CCOP(=O)([O-])[O-]. The fraction of sp³-hybridized carbons (Fsp3) is 0.938. The second-order valence-electron chi connectivity index (χ2n) is 9.19. The number of carboxylic acids is 1. The number of carbonyl (C=O) groups is 1. The van der Waals surface area contributed by atoms with Gasteiger partial charge in [0.05, 0.1) is 90.8 Å². The van der Waals surface area contributed by atoms with Gasteiger partial charge in [-0.05, 0) is 0 Å². The smallest absolute Gasteiger partial charge is 0.309 e. The summed E-state index contributed by atoms with van der Waals surface area (Å²) >= 11 is 0. The number of aliphatic hydroxyl groups is 1. The van der Waals surface area contributed by atoms with Crippen LogP contribution in [0.25, 0.3) is 0 Å². The Hall–Kier alpha value is -0.580. The highest BCUT2D eigenvalue weighted by atomic mass is 31.2. The number of hydrogen-bond donors (Lipinski definition) is 2. The summed E-state index contributed by atoms with van der Waals surface area (Å²) in [6.45, 7) is 2.25. The van der Waals surface area contributed by atoms with Gasteiger partial charge in [0.15, 0.2) is 0 Å². The highest BCUT2D eigenvalue weighted by Gasteiger charge is 2.08. The molecule has 11 heteroatoms. The van der Waals surface area contributed by atoms with Gasteiger partial charge in [0.25, 0.3) is 0 Å². The van der Waals surface area contributed by atoms with Crippen molar-refractivity contribution in [1.82, 2.24) is 0 Å². The number of quaternary nitrogens is 3. The Bertz CT molecular complexity index is 435. The first-order chi connectivity index (χ1) is 11.7. The van der Waals surface area contributed by atoms with Crippen molar-refractivity contribution in [3.63, 3.8) is 0 Å². The van der Waals surface area contributed by atoms with E-state index in [1.54, 1.807) is 0 Å². The fourth-order valence-corrected chi connectivity index (χ4v) is 1.46. The van der Waals surface area contributed by atoms with Gasteiger partial charge in [-0.15, -0.1) is 0 Å². The molecule has 0 radical (unpaired) electrons. The molecular weight excluding hydrogens is 374 g/mol. The van der Waals surface area contributed by atoms with Crippen LogP contribution in [0.4, 0.5) is 0 Å². The zero-order chi connectivity index (χ0) is 22.5. The lowest BCUT2D eigenvalue weighted by Gasteiger charge is -2.31. The standard InChI is InChI=1S/C6H13NO2.C5H14NO4P.C5H14NO/c1-7(2,3)5-4-6(8)9;1-6(2,3)4-5-10-11(7,8)9;1-6(2,3)4-5-7/h4-5H2,1-3H3;4-5H2,1-3H3,(H-,7,8,9);7H,4-5H2,1-3H3/q;;+1/i3*1-1. The average molecular weight is 415 g/mol. The third-order valence-electron chi connectivity index (χ3n) is 2.78. The molecule has 0 aliphatic heterocycles. The number of aliphatic hydroxyl groups excluding tert-OH is 1. The topological polar surface area (TPSA) is 130 Å². The Morgan fingerprint density at radius 1 is 0.852 bits per heavy atom. The molecule has 10 nitrogen and oxygen atoms in total. The van der Waals surface area contributed by atoms with Crippen molar-refractivity contribution in [2.45, 2.75) is 6.42 Å². The molecule has 0 fully saturated rings. The van der Waals surface area contributed by atoms with Crippen LogP contribution in [-0.2, 0) is 13.9 Å². The number of rotatable bonds is 9. The summed E-state index contributed by atoms with van der Waals surface area (Å²) in [5, 5.41) is 16.7. The number of likely N-dealkylation sites (N-methyl/N-ethyl adjacent to an activating group) is 2. The Morgan fingerprint density at radius 3 is 1.37 bits per heavy atom. The minimum Gasteiger partial charge on any atom is -0.790 e. The normalized spacial score (nSPS) is 12.4. The van der Waals surface area contributed by atoms with Crippen molar-refractivity contribution in [2.75, 3.05) is 96.3 Å². The average Bonchev–Trinajstić information content (AvgIpc) is 2.32. The quantitative estimate of drug-likeness (QED) is 0.342. The maximum Gasteiger partial charge on any atom is 0.309 e. The Labute approximate surface area is 164 Å². The molecule has 0 amide bonds. The van der Waals surface area contributed by atoms with Crippen molar-refractivity contribution in [3.05, 3.63) is 0 Å². The molecule has 0 atom stereocenters. The van der Waals surface area contributed by atoms with E-state index in [4.69, 9.17) is 10.2 Å². The molecule has 0 bridgehead atoms. The van der Waals surface area contributed by atoms with Gasteiger partial charge in [-0.25, -0.2) is 0 Å². The molecule has 0 aliphatic carbocycles. The van der Waals surface area contributed by atoms with Gasteiger partial charge < -0.3 is 42.5 Å². The second-order valence-corrected chi connectivity index (χ2v) is 10.3. The summed E-state index contributed by atoms with van der Waals surface area (Å²) in [6.07, 6.45) is 0.253. The monoisotopic (exact) mass is 415 g/mol.